The highest BCUT2D eigenvalue weighted by Crippen LogP contribution is 2.34. The molecule has 0 saturated carbocycles. The van der Waals surface area contributed by atoms with Crippen LogP contribution in [0.5, 0.6) is 11.5 Å². The van der Waals surface area contributed by atoms with Crippen LogP contribution in [0.15, 0.2) is 41.2 Å². The minimum Gasteiger partial charge on any atom is -0.472 e. The summed E-state index contributed by atoms with van der Waals surface area (Å²) in [6.07, 6.45) is 2.73. The van der Waals surface area contributed by atoms with Crippen LogP contribution in [-0.2, 0) is 6.54 Å². The molecule has 5 heteroatoms. The molecule has 3 rings (SSSR count). The van der Waals surface area contributed by atoms with E-state index in [2.05, 4.69) is 5.32 Å². The number of ether oxygens (including phenoxy) is 2. The first-order valence-electron chi connectivity index (χ1n) is 6.12. The molecule has 2 N–H and O–H groups in total. The molecule has 2 aromatic rings. The number of hydrogen-bond acceptors (Lipinski definition) is 5. The van der Waals surface area contributed by atoms with Crippen LogP contribution in [0.4, 0.5) is 0 Å². The first-order valence-corrected chi connectivity index (χ1v) is 6.12. The third-order valence-corrected chi connectivity index (χ3v) is 3.03. The van der Waals surface area contributed by atoms with E-state index in [0.29, 0.717) is 18.8 Å². The maximum atomic E-state index is 10.1. The zero-order valence-corrected chi connectivity index (χ0v) is 10.3. The summed E-state index contributed by atoms with van der Waals surface area (Å²) in [5, 5.41) is 13.3. The van der Waals surface area contributed by atoms with Crippen LogP contribution in [0, 0.1) is 0 Å². The van der Waals surface area contributed by atoms with Gasteiger partial charge in [0.1, 0.15) is 0 Å². The van der Waals surface area contributed by atoms with Gasteiger partial charge in [-0.1, -0.05) is 6.07 Å². The Bertz CT molecular complexity index is 538. The summed E-state index contributed by atoms with van der Waals surface area (Å²) in [5.74, 6) is 1.41. The van der Waals surface area contributed by atoms with Gasteiger partial charge in [-0.15, -0.1) is 0 Å². The van der Waals surface area contributed by atoms with Crippen molar-refractivity contribution in [3.63, 3.8) is 0 Å². The Morgan fingerprint density at radius 3 is 2.95 bits per heavy atom. The molecule has 1 aromatic carbocycles. The van der Waals surface area contributed by atoms with E-state index < -0.39 is 6.10 Å². The number of fused-ring (bicyclic) bond motifs is 1. The fourth-order valence-corrected chi connectivity index (χ4v) is 1.98. The van der Waals surface area contributed by atoms with Crippen molar-refractivity contribution in [1.82, 2.24) is 5.32 Å². The van der Waals surface area contributed by atoms with Gasteiger partial charge in [0, 0.05) is 18.7 Å². The summed E-state index contributed by atoms with van der Waals surface area (Å²) in [6.45, 7) is 1.37. The van der Waals surface area contributed by atoms with Crippen LogP contribution in [-0.4, -0.2) is 18.4 Å². The van der Waals surface area contributed by atoms with Crippen LogP contribution in [0.3, 0.4) is 0 Å². The molecule has 2 heterocycles. The van der Waals surface area contributed by atoms with Crippen molar-refractivity contribution in [2.45, 2.75) is 12.6 Å². The van der Waals surface area contributed by atoms with Gasteiger partial charge in [-0.2, -0.15) is 0 Å². The number of benzene rings is 1. The van der Waals surface area contributed by atoms with Gasteiger partial charge < -0.3 is 24.3 Å². The minimum absolute atomic E-state index is 0.244. The highest BCUT2D eigenvalue weighted by molar-refractivity contribution is 5.45. The molecule has 5 nitrogen and oxygen atoms in total. The minimum atomic E-state index is -0.582. The monoisotopic (exact) mass is 261 g/mol. The average molecular weight is 261 g/mol. The smallest absolute Gasteiger partial charge is 0.231 e. The molecule has 1 atom stereocenters. The SMILES string of the molecule is OC(CNCc1ccoc1)c1ccc2c(c1)OCO2. The highest BCUT2D eigenvalue weighted by Gasteiger charge is 2.16. The maximum Gasteiger partial charge on any atom is 0.231 e. The molecule has 1 aliphatic heterocycles. The fraction of sp³-hybridized carbons (Fsp3) is 0.286. The zero-order valence-electron chi connectivity index (χ0n) is 10.3. The van der Waals surface area contributed by atoms with E-state index in [1.165, 1.54) is 0 Å². The number of furan rings is 1. The number of nitrogens with one attached hydrogen (secondary N) is 1. The summed E-state index contributed by atoms with van der Waals surface area (Å²) in [6, 6.07) is 7.36. The van der Waals surface area contributed by atoms with Crippen molar-refractivity contribution in [3.8, 4) is 11.5 Å². The van der Waals surface area contributed by atoms with Gasteiger partial charge in [0.05, 0.1) is 18.6 Å². The number of aliphatic hydroxyl groups excluding tert-OH is 1. The second-order valence-electron chi connectivity index (χ2n) is 4.39. The van der Waals surface area contributed by atoms with Gasteiger partial charge in [-0.25, -0.2) is 0 Å². The molecule has 100 valence electrons. The lowest BCUT2D eigenvalue weighted by Crippen LogP contribution is -2.20. The topological polar surface area (TPSA) is 63.9 Å². The van der Waals surface area contributed by atoms with Crippen LogP contribution in [0.1, 0.15) is 17.2 Å². The van der Waals surface area contributed by atoms with Crippen molar-refractivity contribution < 1.29 is 19.0 Å². The van der Waals surface area contributed by atoms with E-state index >= 15 is 0 Å². The second kappa shape index (κ2) is 5.34. The Balaban J connectivity index is 1.56. The molecule has 0 fully saturated rings. The molecule has 0 radical (unpaired) electrons. The third kappa shape index (κ3) is 2.72. The second-order valence-corrected chi connectivity index (χ2v) is 4.39. The van der Waals surface area contributed by atoms with E-state index in [0.717, 1.165) is 16.9 Å². The Morgan fingerprint density at radius 2 is 2.11 bits per heavy atom. The maximum absolute atomic E-state index is 10.1. The highest BCUT2D eigenvalue weighted by atomic mass is 16.7. The predicted molar refractivity (Wildman–Crippen MR) is 67.9 cm³/mol. The van der Waals surface area contributed by atoms with Gasteiger partial charge >= 0.3 is 0 Å². The number of aliphatic hydroxyl groups is 1. The van der Waals surface area contributed by atoms with Crippen LogP contribution >= 0.6 is 0 Å². The zero-order chi connectivity index (χ0) is 13.1. The standard InChI is InChI=1S/C14H15NO4/c16-12(7-15-6-10-3-4-17-8-10)11-1-2-13-14(5-11)19-9-18-13/h1-5,8,12,15-16H,6-7,9H2. The van der Waals surface area contributed by atoms with Crippen molar-refractivity contribution in [2.75, 3.05) is 13.3 Å². The van der Waals surface area contributed by atoms with E-state index in [-0.39, 0.29) is 6.79 Å². The largest absolute Gasteiger partial charge is 0.472 e. The molecule has 19 heavy (non-hydrogen) atoms. The Labute approximate surface area is 110 Å². The molecule has 0 saturated heterocycles. The van der Waals surface area contributed by atoms with Crippen LogP contribution < -0.4 is 14.8 Å². The van der Waals surface area contributed by atoms with Crippen molar-refractivity contribution in [1.29, 1.82) is 0 Å². The van der Waals surface area contributed by atoms with Gasteiger partial charge in [0.15, 0.2) is 11.5 Å². The average Bonchev–Trinajstić information content (AvgIpc) is 3.08. The molecule has 1 unspecified atom stereocenters. The fourth-order valence-electron chi connectivity index (χ4n) is 1.98. The Morgan fingerprint density at radius 1 is 1.21 bits per heavy atom. The molecule has 0 aliphatic carbocycles. The van der Waals surface area contributed by atoms with Gasteiger partial charge in [-0.3, -0.25) is 0 Å². The first-order chi connectivity index (χ1) is 9.33. The number of rotatable bonds is 5. The van der Waals surface area contributed by atoms with Crippen LogP contribution in [0.25, 0.3) is 0 Å². The molecular formula is C14H15NO4. The quantitative estimate of drug-likeness (QED) is 0.859. The lowest BCUT2D eigenvalue weighted by molar-refractivity contribution is 0.170. The summed E-state index contributed by atoms with van der Waals surface area (Å²) in [4.78, 5) is 0. The van der Waals surface area contributed by atoms with E-state index in [9.17, 15) is 5.11 Å². The van der Waals surface area contributed by atoms with Crippen molar-refractivity contribution >= 4 is 0 Å². The van der Waals surface area contributed by atoms with Crippen LogP contribution in [0.2, 0.25) is 0 Å². The summed E-state index contributed by atoms with van der Waals surface area (Å²) < 4.78 is 15.5. The Hall–Kier alpha value is -1.98. The van der Waals surface area contributed by atoms with Crippen molar-refractivity contribution in [3.05, 3.63) is 47.9 Å². The normalized spacial score (nSPS) is 14.6. The Kier molecular flexibility index (Phi) is 3.39. The predicted octanol–water partition coefficient (Wildman–Crippen LogP) is 1.83. The summed E-state index contributed by atoms with van der Waals surface area (Å²) >= 11 is 0. The number of hydrogen-bond donors (Lipinski definition) is 2. The lowest BCUT2D eigenvalue weighted by atomic mass is 10.1. The first kappa shape index (κ1) is 12.1. The summed E-state index contributed by atoms with van der Waals surface area (Å²) in [7, 11) is 0. The van der Waals surface area contributed by atoms with Gasteiger partial charge in [-0.05, 0) is 23.8 Å². The van der Waals surface area contributed by atoms with E-state index in [1.54, 1.807) is 12.5 Å². The molecule has 1 aliphatic rings. The molecular weight excluding hydrogens is 246 g/mol. The summed E-state index contributed by atoms with van der Waals surface area (Å²) in [5.41, 5.74) is 1.86. The third-order valence-electron chi connectivity index (χ3n) is 3.03. The molecule has 0 amide bonds. The van der Waals surface area contributed by atoms with E-state index in [1.807, 2.05) is 24.3 Å². The molecule has 1 aromatic heterocycles. The lowest BCUT2D eigenvalue weighted by Gasteiger charge is -2.12. The molecule has 0 spiro atoms. The van der Waals surface area contributed by atoms with Crippen molar-refractivity contribution in [2.24, 2.45) is 0 Å². The van der Waals surface area contributed by atoms with E-state index in [4.69, 9.17) is 13.9 Å². The van der Waals surface area contributed by atoms with Gasteiger partial charge in [0.2, 0.25) is 6.79 Å². The molecule has 0 bridgehead atoms. The van der Waals surface area contributed by atoms with Gasteiger partial charge in [0.25, 0.3) is 0 Å².